The van der Waals surface area contributed by atoms with Crippen LogP contribution < -0.4 is 4.74 Å². The fourth-order valence-corrected chi connectivity index (χ4v) is 2.27. The summed E-state index contributed by atoms with van der Waals surface area (Å²) in [4.78, 5) is 10.00. The van der Waals surface area contributed by atoms with Gasteiger partial charge >= 0.3 is 6.18 Å². The SMILES string of the molecule is Cn1nc(Oc2ccc([N+](=O)[O-])c(S)c2)c(Cl)c1C(F)(F)F. The number of aromatic nitrogens is 2. The molecule has 0 aliphatic rings. The molecule has 0 saturated heterocycles. The molecule has 0 aliphatic carbocycles. The number of ether oxygens (including phenoxy) is 1. The molecule has 0 N–H and O–H groups in total. The smallest absolute Gasteiger partial charge is 0.434 e. The second-order valence-corrected chi connectivity index (χ2v) is 4.96. The molecule has 118 valence electrons. The molecule has 1 heterocycles. The molecule has 2 rings (SSSR count). The molecular formula is C11H7ClF3N3O3S. The first-order chi connectivity index (χ1) is 10.1. The average molecular weight is 354 g/mol. The largest absolute Gasteiger partial charge is 0.436 e. The molecule has 0 atom stereocenters. The number of benzene rings is 1. The van der Waals surface area contributed by atoms with Crippen molar-refractivity contribution >= 4 is 29.9 Å². The van der Waals surface area contributed by atoms with Gasteiger partial charge in [0.15, 0.2) is 5.69 Å². The molecule has 0 fully saturated rings. The predicted octanol–water partition coefficient (Wildman–Crippen LogP) is 4.08. The fourth-order valence-electron chi connectivity index (χ4n) is 1.68. The lowest BCUT2D eigenvalue weighted by Crippen LogP contribution is -2.12. The molecule has 6 nitrogen and oxygen atoms in total. The number of nitrogens with zero attached hydrogens (tertiary/aromatic N) is 3. The molecule has 1 aromatic carbocycles. The molecule has 0 bridgehead atoms. The predicted molar refractivity (Wildman–Crippen MR) is 73.6 cm³/mol. The van der Waals surface area contributed by atoms with Gasteiger partial charge < -0.3 is 4.74 Å². The van der Waals surface area contributed by atoms with Gasteiger partial charge in [-0.05, 0) is 6.07 Å². The minimum absolute atomic E-state index is 0.00871. The van der Waals surface area contributed by atoms with Crippen LogP contribution in [0.5, 0.6) is 11.6 Å². The maximum Gasteiger partial charge on any atom is 0.434 e. The lowest BCUT2D eigenvalue weighted by Gasteiger charge is -2.06. The van der Waals surface area contributed by atoms with Crippen molar-refractivity contribution in [3.8, 4) is 11.6 Å². The lowest BCUT2D eigenvalue weighted by atomic mass is 10.3. The average Bonchev–Trinajstić information content (AvgIpc) is 2.63. The summed E-state index contributed by atoms with van der Waals surface area (Å²) in [5.74, 6) is -0.442. The lowest BCUT2D eigenvalue weighted by molar-refractivity contribution is -0.387. The van der Waals surface area contributed by atoms with Gasteiger partial charge in [-0.15, -0.1) is 17.7 Å². The van der Waals surface area contributed by atoms with Gasteiger partial charge in [0, 0.05) is 19.2 Å². The third-order valence-electron chi connectivity index (χ3n) is 2.59. The summed E-state index contributed by atoms with van der Waals surface area (Å²) < 4.78 is 44.0. The van der Waals surface area contributed by atoms with Crippen LogP contribution in [0.15, 0.2) is 23.1 Å². The van der Waals surface area contributed by atoms with E-state index in [1.54, 1.807) is 0 Å². The highest BCUT2D eigenvalue weighted by molar-refractivity contribution is 7.80. The maximum atomic E-state index is 12.8. The minimum atomic E-state index is -4.69. The van der Waals surface area contributed by atoms with Crippen molar-refractivity contribution in [3.05, 3.63) is 39.0 Å². The Kier molecular flexibility index (Phi) is 4.25. The van der Waals surface area contributed by atoms with Crippen molar-refractivity contribution in [1.29, 1.82) is 0 Å². The molecule has 0 amide bonds. The van der Waals surface area contributed by atoms with Crippen LogP contribution in [0.2, 0.25) is 5.02 Å². The van der Waals surface area contributed by atoms with Crippen molar-refractivity contribution < 1.29 is 22.8 Å². The number of alkyl halides is 3. The first kappa shape index (κ1) is 16.4. The Morgan fingerprint density at radius 1 is 1.45 bits per heavy atom. The Labute approximate surface area is 132 Å². The number of nitro benzene ring substituents is 1. The summed E-state index contributed by atoms with van der Waals surface area (Å²) in [6.07, 6.45) is -4.69. The monoisotopic (exact) mass is 353 g/mol. The maximum absolute atomic E-state index is 12.8. The van der Waals surface area contributed by atoms with Crippen LogP contribution in [-0.4, -0.2) is 14.7 Å². The van der Waals surface area contributed by atoms with E-state index in [-0.39, 0.29) is 16.3 Å². The van der Waals surface area contributed by atoms with E-state index in [2.05, 4.69) is 17.7 Å². The number of hydrogen-bond donors (Lipinski definition) is 1. The van der Waals surface area contributed by atoms with Crippen LogP contribution in [0, 0.1) is 10.1 Å². The molecule has 0 saturated carbocycles. The molecule has 0 spiro atoms. The zero-order chi connectivity index (χ0) is 16.7. The van der Waals surface area contributed by atoms with Gasteiger partial charge in [-0.25, -0.2) is 0 Å². The van der Waals surface area contributed by atoms with Gasteiger partial charge in [-0.3, -0.25) is 14.8 Å². The van der Waals surface area contributed by atoms with E-state index < -0.39 is 27.7 Å². The van der Waals surface area contributed by atoms with Gasteiger partial charge in [0.25, 0.3) is 11.6 Å². The van der Waals surface area contributed by atoms with E-state index in [9.17, 15) is 23.3 Å². The second kappa shape index (κ2) is 5.69. The first-order valence-electron chi connectivity index (χ1n) is 5.56. The molecular weight excluding hydrogens is 347 g/mol. The van der Waals surface area contributed by atoms with Crippen LogP contribution in [-0.2, 0) is 13.2 Å². The number of halogens is 4. The van der Waals surface area contributed by atoms with Crippen molar-refractivity contribution in [1.82, 2.24) is 9.78 Å². The highest BCUT2D eigenvalue weighted by Gasteiger charge is 2.39. The van der Waals surface area contributed by atoms with E-state index in [1.165, 1.54) is 12.1 Å². The Bertz CT molecular complexity index is 748. The Morgan fingerprint density at radius 3 is 2.55 bits per heavy atom. The number of nitro groups is 1. The molecule has 2 aromatic rings. The first-order valence-corrected chi connectivity index (χ1v) is 6.38. The van der Waals surface area contributed by atoms with E-state index in [1.807, 2.05) is 0 Å². The highest BCUT2D eigenvalue weighted by atomic mass is 35.5. The fraction of sp³-hybridized carbons (Fsp3) is 0.182. The van der Waals surface area contributed by atoms with Crippen molar-refractivity contribution in [2.75, 3.05) is 0 Å². The molecule has 0 radical (unpaired) electrons. The highest BCUT2D eigenvalue weighted by Crippen LogP contribution is 2.40. The van der Waals surface area contributed by atoms with E-state index in [0.29, 0.717) is 4.68 Å². The number of rotatable bonds is 3. The van der Waals surface area contributed by atoms with Crippen LogP contribution >= 0.6 is 24.2 Å². The summed E-state index contributed by atoms with van der Waals surface area (Å²) in [6, 6.07) is 3.49. The molecule has 11 heteroatoms. The van der Waals surface area contributed by atoms with Crippen molar-refractivity contribution in [2.45, 2.75) is 11.1 Å². The van der Waals surface area contributed by atoms with Crippen LogP contribution in [0.1, 0.15) is 5.69 Å². The van der Waals surface area contributed by atoms with E-state index in [4.69, 9.17) is 16.3 Å². The molecule has 22 heavy (non-hydrogen) atoms. The zero-order valence-corrected chi connectivity index (χ0v) is 12.4. The minimum Gasteiger partial charge on any atom is -0.436 e. The summed E-state index contributed by atoms with van der Waals surface area (Å²) in [6.45, 7) is 0. The standard InChI is InChI=1S/C11H7ClF3N3O3S/c1-17-9(11(13,14)15)8(12)10(16-17)21-5-2-3-6(18(19)20)7(22)4-5/h2-4,22H,1H3. The van der Waals surface area contributed by atoms with Crippen molar-refractivity contribution in [3.63, 3.8) is 0 Å². The zero-order valence-electron chi connectivity index (χ0n) is 10.8. The number of hydrogen-bond acceptors (Lipinski definition) is 5. The Hall–Kier alpha value is -1.94. The molecule has 1 aromatic heterocycles. The van der Waals surface area contributed by atoms with Crippen LogP contribution in [0.25, 0.3) is 0 Å². The topological polar surface area (TPSA) is 70.2 Å². The third kappa shape index (κ3) is 3.12. The van der Waals surface area contributed by atoms with Crippen LogP contribution in [0.3, 0.4) is 0 Å². The summed E-state index contributed by atoms with van der Waals surface area (Å²) in [5, 5.41) is 13.5. The van der Waals surface area contributed by atoms with Gasteiger partial charge in [-0.1, -0.05) is 11.6 Å². The summed E-state index contributed by atoms with van der Waals surface area (Å²) in [5.41, 5.74) is -1.42. The van der Waals surface area contributed by atoms with E-state index >= 15 is 0 Å². The van der Waals surface area contributed by atoms with Crippen LogP contribution in [0.4, 0.5) is 18.9 Å². The quantitative estimate of drug-likeness (QED) is 0.513. The van der Waals surface area contributed by atoms with Crippen molar-refractivity contribution in [2.24, 2.45) is 7.05 Å². The van der Waals surface area contributed by atoms with Gasteiger partial charge in [0.05, 0.1) is 9.82 Å². The number of aryl methyl sites for hydroxylation is 1. The molecule has 0 aliphatic heterocycles. The molecule has 0 unspecified atom stereocenters. The summed E-state index contributed by atoms with van der Waals surface area (Å²) in [7, 11) is 1.07. The van der Waals surface area contributed by atoms with Gasteiger partial charge in [0.2, 0.25) is 0 Å². The third-order valence-corrected chi connectivity index (χ3v) is 3.29. The Balaban J connectivity index is 2.36. The van der Waals surface area contributed by atoms with Gasteiger partial charge in [0.1, 0.15) is 10.8 Å². The Morgan fingerprint density at radius 2 is 2.09 bits per heavy atom. The normalized spacial score (nSPS) is 11.5. The van der Waals surface area contributed by atoms with E-state index in [0.717, 1.165) is 13.1 Å². The number of thiol groups is 1. The second-order valence-electron chi connectivity index (χ2n) is 4.10. The van der Waals surface area contributed by atoms with Gasteiger partial charge in [-0.2, -0.15) is 13.2 Å². The summed E-state index contributed by atoms with van der Waals surface area (Å²) >= 11 is 9.54.